The van der Waals surface area contributed by atoms with Crippen LogP contribution in [0.15, 0.2) is 35.2 Å². The van der Waals surface area contributed by atoms with E-state index in [1.54, 1.807) is 18.2 Å². The van der Waals surface area contributed by atoms with Gasteiger partial charge in [0, 0.05) is 19.0 Å². The summed E-state index contributed by atoms with van der Waals surface area (Å²) in [5, 5.41) is 8.61. The summed E-state index contributed by atoms with van der Waals surface area (Å²) in [6, 6.07) is 7.79. The molecule has 0 saturated carbocycles. The summed E-state index contributed by atoms with van der Waals surface area (Å²) in [6.07, 6.45) is 0.0273. The molecule has 2 N–H and O–H groups in total. The largest absolute Gasteiger partial charge is 0.481 e. The maximum atomic E-state index is 11.9. The summed E-state index contributed by atoms with van der Waals surface area (Å²) < 4.78 is 26.1. The van der Waals surface area contributed by atoms with Crippen molar-refractivity contribution in [1.82, 2.24) is 9.62 Å². The summed E-state index contributed by atoms with van der Waals surface area (Å²) in [4.78, 5) is 23.8. The lowest BCUT2D eigenvalue weighted by molar-refractivity contribution is -0.144. The molecule has 0 aliphatic carbocycles. The predicted molar refractivity (Wildman–Crippen MR) is 74.0 cm³/mol. The zero-order valence-corrected chi connectivity index (χ0v) is 12.0. The Morgan fingerprint density at radius 1 is 1.24 bits per heavy atom. The first-order valence-corrected chi connectivity index (χ1v) is 7.91. The van der Waals surface area contributed by atoms with Crippen molar-refractivity contribution in [3.05, 3.63) is 30.3 Å². The first-order valence-electron chi connectivity index (χ1n) is 6.43. The van der Waals surface area contributed by atoms with E-state index in [4.69, 9.17) is 5.11 Å². The summed E-state index contributed by atoms with van der Waals surface area (Å²) >= 11 is 0. The lowest BCUT2D eigenvalue weighted by Gasteiger charge is -2.38. The minimum Gasteiger partial charge on any atom is -0.481 e. The van der Waals surface area contributed by atoms with Gasteiger partial charge < -0.3 is 10.0 Å². The molecule has 1 aliphatic heterocycles. The number of benzene rings is 1. The monoisotopic (exact) mass is 312 g/mol. The third kappa shape index (κ3) is 4.02. The van der Waals surface area contributed by atoms with Gasteiger partial charge >= 0.3 is 5.97 Å². The molecular weight excluding hydrogens is 296 g/mol. The predicted octanol–water partition coefficient (Wildman–Crippen LogP) is -0.102. The molecule has 114 valence electrons. The molecule has 0 aromatic heterocycles. The van der Waals surface area contributed by atoms with Crippen LogP contribution in [-0.2, 0) is 19.6 Å². The fraction of sp³-hybridized carbons (Fsp3) is 0.385. The minimum absolute atomic E-state index is 0.0273. The average molecular weight is 312 g/mol. The molecule has 1 aliphatic rings. The highest BCUT2D eigenvalue weighted by atomic mass is 32.2. The minimum atomic E-state index is -3.70. The van der Waals surface area contributed by atoms with Crippen LogP contribution in [0, 0.1) is 5.92 Å². The SMILES string of the molecule is O=C(O)CC1CN(C(=O)CNS(=O)(=O)c2ccccc2)C1. The molecule has 0 radical (unpaired) electrons. The number of sulfonamides is 1. The summed E-state index contributed by atoms with van der Waals surface area (Å²) in [7, 11) is -3.70. The quantitative estimate of drug-likeness (QED) is 0.763. The Morgan fingerprint density at radius 3 is 2.43 bits per heavy atom. The average Bonchev–Trinajstić information content (AvgIpc) is 2.40. The zero-order chi connectivity index (χ0) is 15.5. The molecule has 1 saturated heterocycles. The van der Waals surface area contributed by atoms with Crippen LogP contribution in [-0.4, -0.2) is 49.9 Å². The molecule has 1 heterocycles. The van der Waals surface area contributed by atoms with Gasteiger partial charge in [-0.05, 0) is 12.1 Å². The molecule has 0 spiro atoms. The van der Waals surface area contributed by atoms with Crippen molar-refractivity contribution in [2.45, 2.75) is 11.3 Å². The molecule has 7 nitrogen and oxygen atoms in total. The van der Waals surface area contributed by atoms with Gasteiger partial charge in [0.2, 0.25) is 15.9 Å². The topological polar surface area (TPSA) is 104 Å². The number of rotatable bonds is 6. The van der Waals surface area contributed by atoms with Gasteiger partial charge in [0.1, 0.15) is 0 Å². The second kappa shape index (κ2) is 6.23. The second-order valence-electron chi connectivity index (χ2n) is 4.90. The molecule has 1 amide bonds. The third-order valence-corrected chi connectivity index (χ3v) is 4.66. The number of carbonyl (C=O) groups excluding carboxylic acids is 1. The highest BCUT2D eigenvalue weighted by molar-refractivity contribution is 7.89. The van der Waals surface area contributed by atoms with E-state index in [0.29, 0.717) is 13.1 Å². The number of likely N-dealkylation sites (tertiary alicyclic amines) is 1. The van der Waals surface area contributed by atoms with Crippen LogP contribution in [0.3, 0.4) is 0 Å². The van der Waals surface area contributed by atoms with Crippen molar-refractivity contribution in [2.75, 3.05) is 19.6 Å². The van der Waals surface area contributed by atoms with E-state index in [9.17, 15) is 18.0 Å². The van der Waals surface area contributed by atoms with Gasteiger partial charge in [-0.15, -0.1) is 0 Å². The Hall–Kier alpha value is -1.93. The van der Waals surface area contributed by atoms with Crippen molar-refractivity contribution in [3.8, 4) is 0 Å². The molecular formula is C13H16N2O5S. The van der Waals surface area contributed by atoms with Crippen molar-refractivity contribution >= 4 is 21.9 Å². The van der Waals surface area contributed by atoms with E-state index < -0.39 is 16.0 Å². The number of aliphatic carboxylic acids is 1. The van der Waals surface area contributed by atoms with Gasteiger partial charge in [-0.3, -0.25) is 9.59 Å². The number of amides is 1. The smallest absolute Gasteiger partial charge is 0.303 e. The van der Waals surface area contributed by atoms with E-state index in [1.807, 2.05) is 0 Å². The molecule has 1 aromatic rings. The number of hydrogen-bond donors (Lipinski definition) is 2. The third-order valence-electron chi connectivity index (χ3n) is 3.24. The van der Waals surface area contributed by atoms with Crippen LogP contribution in [0.2, 0.25) is 0 Å². The van der Waals surface area contributed by atoms with Crippen molar-refractivity contribution in [1.29, 1.82) is 0 Å². The highest BCUT2D eigenvalue weighted by Gasteiger charge is 2.32. The first kappa shape index (κ1) is 15.5. The van der Waals surface area contributed by atoms with E-state index in [2.05, 4.69) is 4.72 Å². The Kier molecular flexibility index (Phi) is 4.59. The zero-order valence-electron chi connectivity index (χ0n) is 11.2. The van der Waals surface area contributed by atoms with Crippen molar-refractivity contribution < 1.29 is 23.1 Å². The van der Waals surface area contributed by atoms with E-state index in [-0.39, 0.29) is 29.7 Å². The van der Waals surface area contributed by atoms with Crippen LogP contribution >= 0.6 is 0 Å². The molecule has 0 bridgehead atoms. The molecule has 0 unspecified atom stereocenters. The molecule has 0 atom stereocenters. The molecule has 1 fully saturated rings. The maximum absolute atomic E-state index is 11.9. The van der Waals surface area contributed by atoms with Gasteiger partial charge in [0.15, 0.2) is 0 Å². The van der Waals surface area contributed by atoms with Gasteiger partial charge in [0.25, 0.3) is 0 Å². The Labute approximate surface area is 122 Å². The standard InChI is InChI=1S/C13H16N2O5S/c16-12(15-8-10(9-15)6-13(17)18)7-14-21(19,20)11-4-2-1-3-5-11/h1-5,10,14H,6-9H2,(H,17,18). The fourth-order valence-electron chi connectivity index (χ4n) is 2.10. The lowest BCUT2D eigenvalue weighted by Crippen LogP contribution is -2.53. The normalized spacial score (nSPS) is 15.5. The van der Waals surface area contributed by atoms with Gasteiger partial charge in [0.05, 0.1) is 17.9 Å². The molecule has 1 aromatic carbocycles. The highest BCUT2D eigenvalue weighted by Crippen LogP contribution is 2.18. The number of hydrogen-bond acceptors (Lipinski definition) is 4. The second-order valence-corrected chi connectivity index (χ2v) is 6.67. The lowest BCUT2D eigenvalue weighted by atomic mass is 9.96. The van der Waals surface area contributed by atoms with Crippen LogP contribution in [0.4, 0.5) is 0 Å². The number of nitrogens with zero attached hydrogens (tertiary/aromatic N) is 1. The van der Waals surface area contributed by atoms with E-state index in [0.717, 1.165) is 0 Å². The van der Waals surface area contributed by atoms with Crippen LogP contribution in [0.25, 0.3) is 0 Å². The summed E-state index contributed by atoms with van der Waals surface area (Å²) in [5.41, 5.74) is 0. The molecule has 8 heteroatoms. The summed E-state index contributed by atoms with van der Waals surface area (Å²) in [6.45, 7) is 0.396. The van der Waals surface area contributed by atoms with Crippen LogP contribution in [0.1, 0.15) is 6.42 Å². The van der Waals surface area contributed by atoms with Crippen LogP contribution in [0.5, 0.6) is 0 Å². The van der Waals surface area contributed by atoms with Gasteiger partial charge in [-0.1, -0.05) is 18.2 Å². The number of carboxylic acid groups (broad SMARTS) is 1. The first-order chi connectivity index (χ1) is 9.88. The van der Waals surface area contributed by atoms with E-state index in [1.165, 1.54) is 17.0 Å². The molecule has 21 heavy (non-hydrogen) atoms. The van der Waals surface area contributed by atoms with Crippen LogP contribution < -0.4 is 4.72 Å². The Morgan fingerprint density at radius 2 is 1.86 bits per heavy atom. The number of carbonyl (C=O) groups is 2. The number of nitrogens with one attached hydrogen (secondary N) is 1. The summed E-state index contributed by atoms with van der Waals surface area (Å²) in [5.74, 6) is -1.29. The van der Waals surface area contributed by atoms with Gasteiger partial charge in [-0.2, -0.15) is 0 Å². The number of carboxylic acids is 1. The Balaban J connectivity index is 1.82. The van der Waals surface area contributed by atoms with Gasteiger partial charge in [-0.25, -0.2) is 13.1 Å². The van der Waals surface area contributed by atoms with Crippen molar-refractivity contribution in [3.63, 3.8) is 0 Å². The molecule has 2 rings (SSSR count). The Bertz CT molecular complexity index is 623. The van der Waals surface area contributed by atoms with E-state index >= 15 is 0 Å². The van der Waals surface area contributed by atoms with Crippen molar-refractivity contribution in [2.24, 2.45) is 5.92 Å². The maximum Gasteiger partial charge on any atom is 0.303 e. The fourth-order valence-corrected chi connectivity index (χ4v) is 3.10.